The molecule has 0 spiro atoms. The monoisotopic (exact) mass is 342 g/mol. The van der Waals surface area contributed by atoms with E-state index in [2.05, 4.69) is 11.1 Å². The summed E-state index contributed by atoms with van der Waals surface area (Å²) in [6, 6.07) is 15.8. The number of thioether (sulfide) groups is 1. The van der Waals surface area contributed by atoms with E-state index in [4.69, 9.17) is 11.6 Å². The molecular formula is C17H11ClN2S2. The third kappa shape index (κ3) is 2.89. The molecule has 0 atom stereocenters. The highest BCUT2D eigenvalue weighted by atomic mass is 35.5. The number of pyridine rings is 1. The number of benzene rings is 1. The van der Waals surface area contributed by atoms with E-state index in [0.29, 0.717) is 10.6 Å². The van der Waals surface area contributed by atoms with Crippen molar-refractivity contribution in [2.75, 3.05) is 6.26 Å². The standard InChI is InChI=1S/C17H11ClN2S2/c1-21-17-14(10-19)13(11-4-6-12(18)7-5-11)9-15(20-17)16-3-2-8-22-16/h2-9H,1H3. The molecule has 0 aliphatic heterocycles. The Morgan fingerprint density at radius 3 is 2.59 bits per heavy atom. The summed E-state index contributed by atoms with van der Waals surface area (Å²) in [5, 5.41) is 13.0. The van der Waals surface area contributed by atoms with Crippen LogP contribution in [0.3, 0.4) is 0 Å². The van der Waals surface area contributed by atoms with Gasteiger partial charge in [-0.25, -0.2) is 4.98 Å². The molecule has 2 aromatic heterocycles. The van der Waals surface area contributed by atoms with Gasteiger partial charge in [0.1, 0.15) is 11.1 Å². The van der Waals surface area contributed by atoms with Gasteiger partial charge >= 0.3 is 0 Å². The van der Waals surface area contributed by atoms with Crippen LogP contribution in [0, 0.1) is 11.3 Å². The minimum atomic E-state index is 0.607. The zero-order chi connectivity index (χ0) is 15.5. The van der Waals surface area contributed by atoms with Crippen LogP contribution < -0.4 is 0 Å². The fourth-order valence-electron chi connectivity index (χ4n) is 2.19. The van der Waals surface area contributed by atoms with Crippen LogP contribution in [0.2, 0.25) is 5.02 Å². The highest BCUT2D eigenvalue weighted by Gasteiger charge is 2.15. The second kappa shape index (κ2) is 6.53. The lowest BCUT2D eigenvalue weighted by Gasteiger charge is -2.10. The fraction of sp³-hybridized carbons (Fsp3) is 0.0588. The molecule has 3 aromatic rings. The average Bonchev–Trinajstić information content (AvgIpc) is 3.08. The lowest BCUT2D eigenvalue weighted by Crippen LogP contribution is -1.94. The van der Waals surface area contributed by atoms with E-state index in [9.17, 15) is 5.26 Å². The van der Waals surface area contributed by atoms with E-state index in [1.165, 1.54) is 11.8 Å². The van der Waals surface area contributed by atoms with E-state index < -0.39 is 0 Å². The van der Waals surface area contributed by atoms with Crippen molar-refractivity contribution in [1.29, 1.82) is 5.26 Å². The predicted octanol–water partition coefficient (Wildman–Crippen LogP) is 5.72. The smallest absolute Gasteiger partial charge is 0.115 e. The van der Waals surface area contributed by atoms with Gasteiger partial charge in [0.05, 0.1) is 16.1 Å². The molecule has 0 aliphatic carbocycles. The van der Waals surface area contributed by atoms with Crippen molar-refractivity contribution in [3.8, 4) is 27.8 Å². The molecule has 0 unspecified atom stereocenters. The Balaban J connectivity index is 2.25. The molecule has 0 aliphatic rings. The molecule has 108 valence electrons. The topological polar surface area (TPSA) is 36.7 Å². The van der Waals surface area contributed by atoms with Crippen molar-refractivity contribution in [3.63, 3.8) is 0 Å². The molecule has 5 heteroatoms. The molecule has 2 heterocycles. The van der Waals surface area contributed by atoms with Crippen molar-refractivity contribution in [2.45, 2.75) is 5.03 Å². The minimum Gasteiger partial charge on any atom is -0.239 e. The van der Waals surface area contributed by atoms with Gasteiger partial charge in [0.15, 0.2) is 0 Å². The van der Waals surface area contributed by atoms with Crippen molar-refractivity contribution in [1.82, 2.24) is 4.98 Å². The molecule has 22 heavy (non-hydrogen) atoms. The third-order valence-corrected chi connectivity index (χ3v) is 5.05. The first kappa shape index (κ1) is 15.1. The first-order valence-corrected chi connectivity index (χ1v) is 9.00. The van der Waals surface area contributed by atoms with Gasteiger partial charge in [-0.1, -0.05) is 29.8 Å². The van der Waals surface area contributed by atoms with E-state index in [1.807, 2.05) is 54.1 Å². The Bertz CT molecular complexity index is 834. The second-order valence-corrected chi connectivity index (χ2v) is 6.71. The molecule has 0 saturated carbocycles. The number of nitriles is 1. The number of halogens is 1. The van der Waals surface area contributed by atoms with Crippen LogP contribution in [0.1, 0.15) is 5.56 Å². The summed E-state index contributed by atoms with van der Waals surface area (Å²) in [6.07, 6.45) is 1.94. The lowest BCUT2D eigenvalue weighted by molar-refractivity contribution is 1.13. The first-order chi connectivity index (χ1) is 10.7. The molecule has 0 fully saturated rings. The molecule has 0 amide bonds. The van der Waals surface area contributed by atoms with Crippen LogP contribution in [-0.2, 0) is 0 Å². The van der Waals surface area contributed by atoms with Crippen LogP contribution in [0.15, 0.2) is 52.9 Å². The number of aromatic nitrogens is 1. The van der Waals surface area contributed by atoms with E-state index in [1.54, 1.807) is 11.3 Å². The van der Waals surface area contributed by atoms with Crippen LogP contribution in [0.4, 0.5) is 0 Å². The Hall–Kier alpha value is -1.80. The Labute approximate surface area is 142 Å². The van der Waals surface area contributed by atoms with Crippen LogP contribution >= 0.6 is 34.7 Å². The Morgan fingerprint density at radius 2 is 2.00 bits per heavy atom. The van der Waals surface area contributed by atoms with Gasteiger partial charge in [0.25, 0.3) is 0 Å². The van der Waals surface area contributed by atoms with Crippen molar-refractivity contribution in [3.05, 3.63) is 58.4 Å². The molecule has 0 N–H and O–H groups in total. The zero-order valence-corrected chi connectivity index (χ0v) is 14.1. The van der Waals surface area contributed by atoms with E-state index in [0.717, 1.165) is 26.7 Å². The molecule has 1 aromatic carbocycles. The molecule has 0 bridgehead atoms. The van der Waals surface area contributed by atoms with Crippen molar-refractivity contribution >= 4 is 34.7 Å². The molecule has 3 rings (SSSR count). The van der Waals surface area contributed by atoms with Gasteiger partial charge in [0, 0.05) is 10.6 Å². The van der Waals surface area contributed by atoms with Crippen molar-refractivity contribution in [2.24, 2.45) is 0 Å². The van der Waals surface area contributed by atoms with Gasteiger partial charge in [-0.2, -0.15) is 5.26 Å². The Kier molecular flexibility index (Phi) is 4.49. The third-order valence-electron chi connectivity index (χ3n) is 3.22. The number of nitrogens with zero attached hydrogens (tertiary/aromatic N) is 2. The molecule has 0 radical (unpaired) electrons. The van der Waals surface area contributed by atoms with E-state index >= 15 is 0 Å². The van der Waals surface area contributed by atoms with Crippen LogP contribution in [-0.4, -0.2) is 11.2 Å². The lowest BCUT2D eigenvalue weighted by atomic mass is 10.0. The van der Waals surface area contributed by atoms with Gasteiger partial charge in [-0.3, -0.25) is 0 Å². The molecular weight excluding hydrogens is 332 g/mol. The molecule has 0 saturated heterocycles. The molecule has 2 nitrogen and oxygen atoms in total. The first-order valence-electron chi connectivity index (χ1n) is 6.52. The zero-order valence-electron chi connectivity index (χ0n) is 11.7. The SMILES string of the molecule is CSc1nc(-c2cccs2)cc(-c2ccc(Cl)cc2)c1C#N. The highest BCUT2D eigenvalue weighted by molar-refractivity contribution is 7.98. The van der Waals surface area contributed by atoms with Crippen LogP contribution in [0.5, 0.6) is 0 Å². The normalized spacial score (nSPS) is 10.4. The average molecular weight is 343 g/mol. The van der Waals surface area contributed by atoms with Gasteiger partial charge < -0.3 is 0 Å². The van der Waals surface area contributed by atoms with Gasteiger partial charge in [-0.05, 0) is 41.5 Å². The summed E-state index contributed by atoms with van der Waals surface area (Å²) in [5.41, 5.74) is 3.36. The quantitative estimate of drug-likeness (QED) is 0.571. The maximum Gasteiger partial charge on any atom is 0.115 e. The number of hydrogen-bond donors (Lipinski definition) is 0. The summed E-state index contributed by atoms with van der Waals surface area (Å²) in [6.45, 7) is 0. The summed E-state index contributed by atoms with van der Waals surface area (Å²) in [4.78, 5) is 5.73. The number of hydrogen-bond acceptors (Lipinski definition) is 4. The predicted molar refractivity (Wildman–Crippen MR) is 94.5 cm³/mol. The minimum absolute atomic E-state index is 0.607. The largest absolute Gasteiger partial charge is 0.239 e. The number of thiophene rings is 1. The summed E-state index contributed by atoms with van der Waals surface area (Å²) < 4.78 is 0. The number of rotatable bonds is 3. The Morgan fingerprint density at radius 1 is 1.23 bits per heavy atom. The van der Waals surface area contributed by atoms with Crippen LogP contribution in [0.25, 0.3) is 21.7 Å². The summed E-state index contributed by atoms with van der Waals surface area (Å²) in [7, 11) is 0. The maximum absolute atomic E-state index is 9.54. The maximum atomic E-state index is 9.54. The summed E-state index contributed by atoms with van der Waals surface area (Å²) >= 11 is 9.09. The van der Waals surface area contributed by atoms with Gasteiger partial charge in [-0.15, -0.1) is 23.1 Å². The highest BCUT2D eigenvalue weighted by Crippen LogP contribution is 2.35. The fourth-order valence-corrected chi connectivity index (χ4v) is 3.55. The summed E-state index contributed by atoms with van der Waals surface area (Å²) in [5.74, 6) is 0. The van der Waals surface area contributed by atoms with Gasteiger partial charge in [0.2, 0.25) is 0 Å². The second-order valence-electron chi connectivity index (χ2n) is 4.54. The van der Waals surface area contributed by atoms with E-state index in [-0.39, 0.29) is 0 Å². The van der Waals surface area contributed by atoms with Crippen molar-refractivity contribution < 1.29 is 0 Å².